The van der Waals surface area contributed by atoms with Crippen molar-refractivity contribution in [3.05, 3.63) is 48.2 Å². The van der Waals surface area contributed by atoms with Gasteiger partial charge in [0, 0.05) is 38.7 Å². The molecule has 1 saturated carbocycles. The van der Waals surface area contributed by atoms with Crippen LogP contribution in [0.1, 0.15) is 44.2 Å². The van der Waals surface area contributed by atoms with E-state index in [0.29, 0.717) is 38.0 Å². The van der Waals surface area contributed by atoms with Crippen molar-refractivity contribution in [1.29, 1.82) is 0 Å². The van der Waals surface area contributed by atoms with Gasteiger partial charge in [0.25, 0.3) is 0 Å². The molecule has 2 aromatic rings. The van der Waals surface area contributed by atoms with Crippen LogP contribution in [0.5, 0.6) is 0 Å². The summed E-state index contributed by atoms with van der Waals surface area (Å²) in [6.45, 7) is 5.35. The highest BCUT2D eigenvalue weighted by atomic mass is 16.2. The van der Waals surface area contributed by atoms with Gasteiger partial charge in [-0.1, -0.05) is 30.3 Å². The molecule has 1 saturated heterocycles. The molecule has 1 aliphatic heterocycles. The van der Waals surface area contributed by atoms with Crippen molar-refractivity contribution < 1.29 is 9.59 Å². The zero-order valence-corrected chi connectivity index (χ0v) is 18.4. The predicted octanol–water partition coefficient (Wildman–Crippen LogP) is 2.96. The van der Waals surface area contributed by atoms with Crippen molar-refractivity contribution in [3.63, 3.8) is 0 Å². The Balaban J connectivity index is 1.16. The maximum absolute atomic E-state index is 12.6. The maximum atomic E-state index is 12.6. The molecule has 1 unspecified atom stereocenters. The number of carbonyl (C=O) groups excluding carboxylic acids is 2. The second-order valence-electron chi connectivity index (χ2n) is 8.78. The lowest BCUT2D eigenvalue weighted by molar-refractivity contribution is -0.133. The van der Waals surface area contributed by atoms with E-state index in [1.807, 2.05) is 33.8 Å². The molecule has 2 aliphatic rings. The lowest BCUT2D eigenvalue weighted by atomic mass is 10.1. The lowest BCUT2D eigenvalue weighted by Crippen LogP contribution is -2.50. The van der Waals surface area contributed by atoms with E-state index in [-0.39, 0.29) is 11.8 Å². The van der Waals surface area contributed by atoms with Crippen LogP contribution in [0.3, 0.4) is 0 Å². The van der Waals surface area contributed by atoms with Gasteiger partial charge in [-0.2, -0.15) is 5.10 Å². The van der Waals surface area contributed by atoms with Crippen LogP contribution in [0.2, 0.25) is 0 Å². The molecule has 1 aliphatic carbocycles. The van der Waals surface area contributed by atoms with Crippen LogP contribution in [-0.2, 0) is 16.0 Å². The third-order valence-corrected chi connectivity index (χ3v) is 6.42. The minimum atomic E-state index is -0.0209. The first kappa shape index (κ1) is 21.6. The topological polar surface area (TPSA) is 70.5 Å². The average molecular weight is 424 g/mol. The molecule has 0 bridgehead atoms. The maximum Gasteiger partial charge on any atom is 0.239 e. The highest BCUT2D eigenvalue weighted by Gasteiger charge is 2.31. The van der Waals surface area contributed by atoms with Gasteiger partial charge < -0.3 is 10.2 Å². The smallest absolute Gasteiger partial charge is 0.239 e. The van der Waals surface area contributed by atoms with E-state index >= 15 is 0 Å². The molecule has 7 nitrogen and oxygen atoms in total. The molecule has 2 heterocycles. The largest absolute Gasteiger partial charge is 0.340 e. The summed E-state index contributed by atoms with van der Waals surface area (Å²) in [5, 5.41) is 7.41. The first-order chi connectivity index (χ1) is 15.1. The van der Waals surface area contributed by atoms with E-state index in [4.69, 9.17) is 0 Å². The van der Waals surface area contributed by atoms with Crippen molar-refractivity contribution in [3.8, 4) is 0 Å². The minimum Gasteiger partial charge on any atom is -0.340 e. The fraction of sp³-hybridized carbons (Fsp3) is 0.542. The van der Waals surface area contributed by atoms with Gasteiger partial charge in [0.05, 0.1) is 18.8 Å². The summed E-state index contributed by atoms with van der Waals surface area (Å²) >= 11 is 0. The number of aromatic nitrogens is 2. The molecule has 1 atom stereocenters. The summed E-state index contributed by atoms with van der Waals surface area (Å²) in [7, 11) is 0. The number of rotatable bonds is 9. The van der Waals surface area contributed by atoms with Gasteiger partial charge in [0.15, 0.2) is 0 Å². The highest BCUT2D eigenvalue weighted by molar-refractivity contribution is 5.91. The molecule has 166 valence electrons. The molecule has 0 spiro atoms. The molecule has 2 amide bonds. The Hall–Kier alpha value is -2.67. The Labute approximate surface area is 184 Å². The first-order valence-corrected chi connectivity index (χ1v) is 11.5. The summed E-state index contributed by atoms with van der Waals surface area (Å²) in [5.74, 6) is 1.65. The second-order valence-corrected chi connectivity index (χ2v) is 8.78. The number of hydrogen-bond acceptors (Lipinski definition) is 4. The predicted molar refractivity (Wildman–Crippen MR) is 121 cm³/mol. The lowest BCUT2D eigenvalue weighted by Gasteiger charge is -2.34. The Bertz CT molecular complexity index is 869. The number of amides is 2. The average Bonchev–Trinajstić information content (AvgIpc) is 3.54. The summed E-state index contributed by atoms with van der Waals surface area (Å²) in [6, 6.07) is 12.5. The van der Waals surface area contributed by atoms with Gasteiger partial charge >= 0.3 is 0 Å². The van der Waals surface area contributed by atoms with Crippen molar-refractivity contribution in [2.75, 3.05) is 38.0 Å². The van der Waals surface area contributed by atoms with Gasteiger partial charge in [0.1, 0.15) is 5.82 Å². The first-order valence-electron chi connectivity index (χ1n) is 11.5. The summed E-state index contributed by atoms with van der Waals surface area (Å²) in [4.78, 5) is 29.1. The van der Waals surface area contributed by atoms with Crippen LogP contribution in [0, 0.1) is 5.92 Å². The summed E-state index contributed by atoms with van der Waals surface area (Å²) < 4.78 is 1.93. The fourth-order valence-corrected chi connectivity index (χ4v) is 4.30. The molecule has 4 rings (SSSR count). The van der Waals surface area contributed by atoms with Gasteiger partial charge in [0.2, 0.25) is 11.8 Å². The third kappa shape index (κ3) is 5.94. The molecule has 1 aromatic carbocycles. The second kappa shape index (κ2) is 10.1. The number of anilines is 1. The molecule has 1 aromatic heterocycles. The van der Waals surface area contributed by atoms with E-state index in [1.54, 1.807) is 6.20 Å². The Morgan fingerprint density at radius 3 is 2.55 bits per heavy atom. The van der Waals surface area contributed by atoms with Crippen molar-refractivity contribution in [1.82, 2.24) is 19.6 Å². The van der Waals surface area contributed by atoms with Gasteiger partial charge in [-0.25, -0.2) is 4.68 Å². The molecular formula is C24H33N5O2. The summed E-state index contributed by atoms with van der Waals surface area (Å²) in [5.41, 5.74) is 1.28. The number of benzene rings is 1. The number of hydrogen-bond donors (Lipinski definition) is 1. The quantitative estimate of drug-likeness (QED) is 0.673. The van der Waals surface area contributed by atoms with Crippen molar-refractivity contribution in [2.24, 2.45) is 5.92 Å². The number of nitrogens with one attached hydrogen (secondary N) is 1. The van der Waals surface area contributed by atoms with Crippen LogP contribution < -0.4 is 5.32 Å². The van der Waals surface area contributed by atoms with Crippen LogP contribution in [0.25, 0.3) is 0 Å². The van der Waals surface area contributed by atoms with Crippen LogP contribution in [-0.4, -0.2) is 64.1 Å². The zero-order chi connectivity index (χ0) is 21.6. The molecule has 0 radical (unpaired) electrons. The van der Waals surface area contributed by atoms with Gasteiger partial charge in [-0.05, 0) is 44.1 Å². The highest BCUT2D eigenvalue weighted by Crippen LogP contribution is 2.40. The Morgan fingerprint density at radius 1 is 1.10 bits per heavy atom. The van der Waals surface area contributed by atoms with E-state index in [9.17, 15) is 9.59 Å². The van der Waals surface area contributed by atoms with E-state index < -0.39 is 0 Å². The minimum absolute atomic E-state index is 0.0209. The van der Waals surface area contributed by atoms with E-state index in [1.165, 1.54) is 18.4 Å². The van der Waals surface area contributed by atoms with Crippen LogP contribution in [0.15, 0.2) is 42.6 Å². The number of carbonyl (C=O) groups is 2. The Morgan fingerprint density at radius 2 is 1.84 bits per heavy atom. The molecular weight excluding hydrogens is 390 g/mol. The van der Waals surface area contributed by atoms with Crippen molar-refractivity contribution >= 4 is 17.6 Å². The van der Waals surface area contributed by atoms with Crippen molar-refractivity contribution in [2.45, 2.75) is 45.1 Å². The van der Waals surface area contributed by atoms with Crippen LogP contribution >= 0.6 is 0 Å². The Kier molecular flexibility index (Phi) is 7.02. The molecule has 2 fully saturated rings. The number of piperazine rings is 1. The fourth-order valence-electron chi connectivity index (χ4n) is 4.30. The monoisotopic (exact) mass is 423 g/mol. The summed E-state index contributed by atoms with van der Waals surface area (Å²) in [6.07, 6.45) is 6.61. The van der Waals surface area contributed by atoms with Gasteiger partial charge in [-0.15, -0.1) is 0 Å². The van der Waals surface area contributed by atoms with E-state index in [0.717, 1.165) is 31.7 Å². The molecule has 31 heavy (non-hydrogen) atoms. The molecule has 7 heteroatoms. The van der Waals surface area contributed by atoms with Gasteiger partial charge in [-0.3, -0.25) is 14.5 Å². The SMILES string of the molecule is CC(C1CC1)n1nccc1NC(=O)CN1CCN(C(=O)CCCc2ccccc2)CC1. The number of aryl methyl sites for hydroxylation is 1. The zero-order valence-electron chi connectivity index (χ0n) is 18.4. The van der Waals surface area contributed by atoms with Crippen LogP contribution in [0.4, 0.5) is 5.82 Å². The molecule has 1 N–H and O–H groups in total. The van der Waals surface area contributed by atoms with E-state index in [2.05, 4.69) is 34.4 Å². The standard InChI is InChI=1S/C24H33N5O2/c1-19(21-10-11-21)29-22(12-13-25-29)26-23(30)18-27-14-16-28(17-15-27)24(31)9-5-8-20-6-3-2-4-7-20/h2-4,6-7,12-13,19,21H,5,8-11,14-18H2,1H3,(H,26,30). The number of nitrogens with zero attached hydrogens (tertiary/aromatic N) is 4. The normalized spacial score (nSPS) is 18.0. The third-order valence-electron chi connectivity index (χ3n) is 6.42.